The molecule has 96 valence electrons. The molecule has 3 rings (SSSR count). The molecule has 0 unspecified atom stereocenters. The molecule has 1 aromatic carbocycles. The number of H-pyrrole nitrogens is 1. The summed E-state index contributed by atoms with van der Waals surface area (Å²) in [6.07, 6.45) is 1.74. The van der Waals surface area contributed by atoms with Crippen LogP contribution in [0.1, 0.15) is 26.5 Å². The zero-order valence-corrected chi connectivity index (χ0v) is 11.2. The van der Waals surface area contributed by atoms with Crippen LogP contribution in [0.5, 0.6) is 0 Å². The van der Waals surface area contributed by atoms with Gasteiger partial charge in [-0.3, -0.25) is 4.98 Å². The monoisotopic (exact) mass is 253 g/mol. The van der Waals surface area contributed by atoms with Crippen molar-refractivity contribution in [3.05, 3.63) is 46.6 Å². The number of rotatable bonds is 0. The average molecular weight is 253 g/mol. The highest BCUT2D eigenvalue weighted by Gasteiger charge is 2.19. The Morgan fingerprint density at radius 3 is 2.63 bits per heavy atom. The average Bonchev–Trinajstić information content (AvgIpc) is 2.36. The number of nitrogens with zero attached hydrogens (tertiary/aromatic N) is 2. The molecule has 0 spiro atoms. The lowest BCUT2D eigenvalue weighted by atomic mass is 9.89. The Morgan fingerprint density at radius 1 is 1.11 bits per heavy atom. The summed E-state index contributed by atoms with van der Waals surface area (Å²) in [5, 5.41) is 1.89. The molecular weight excluding hydrogens is 238 g/mol. The largest absolute Gasteiger partial charge is 0.345 e. The molecule has 0 saturated carbocycles. The second-order valence-corrected chi connectivity index (χ2v) is 5.70. The number of hydrogen-bond donors (Lipinski definition) is 1. The predicted octanol–water partition coefficient (Wildman–Crippen LogP) is 2.77. The van der Waals surface area contributed by atoms with Gasteiger partial charge in [0.15, 0.2) is 0 Å². The van der Waals surface area contributed by atoms with Gasteiger partial charge in [-0.05, 0) is 24.3 Å². The molecule has 0 saturated heterocycles. The Bertz CT molecular complexity index is 828. The molecule has 0 radical (unpaired) electrons. The summed E-state index contributed by atoms with van der Waals surface area (Å²) in [6, 6.07) is 7.76. The third kappa shape index (κ3) is 1.89. The molecule has 0 aliphatic rings. The summed E-state index contributed by atoms with van der Waals surface area (Å²) in [5.74, 6) is 0. The van der Waals surface area contributed by atoms with E-state index in [9.17, 15) is 4.79 Å². The van der Waals surface area contributed by atoms with Crippen LogP contribution < -0.4 is 5.69 Å². The zero-order valence-electron chi connectivity index (χ0n) is 11.2. The molecule has 4 nitrogen and oxygen atoms in total. The molecule has 4 heteroatoms. The van der Waals surface area contributed by atoms with Crippen molar-refractivity contribution in [1.29, 1.82) is 0 Å². The van der Waals surface area contributed by atoms with Crippen LogP contribution in [0.25, 0.3) is 21.8 Å². The van der Waals surface area contributed by atoms with E-state index in [1.807, 2.05) is 24.3 Å². The van der Waals surface area contributed by atoms with Gasteiger partial charge in [0, 0.05) is 28.1 Å². The third-order valence-corrected chi connectivity index (χ3v) is 3.22. The fraction of sp³-hybridized carbons (Fsp3) is 0.267. The third-order valence-electron chi connectivity index (χ3n) is 3.22. The van der Waals surface area contributed by atoms with E-state index >= 15 is 0 Å². The van der Waals surface area contributed by atoms with Crippen LogP contribution in [-0.2, 0) is 5.41 Å². The number of pyridine rings is 1. The highest BCUT2D eigenvalue weighted by molar-refractivity contribution is 6.04. The Hall–Kier alpha value is -2.23. The van der Waals surface area contributed by atoms with E-state index in [4.69, 9.17) is 0 Å². The number of aromatic nitrogens is 3. The molecule has 0 atom stereocenters. The lowest BCUT2D eigenvalue weighted by Gasteiger charge is -2.20. The van der Waals surface area contributed by atoms with Gasteiger partial charge in [0.05, 0.1) is 11.0 Å². The zero-order chi connectivity index (χ0) is 13.6. The lowest BCUT2D eigenvalue weighted by Crippen LogP contribution is -2.22. The standard InChI is InChI=1S/C15H15N3O/c1-15(2,3)13-10-6-7-11-9(5-4-8-16-11)12(10)17-14(19)18-13/h4-8H,1-3H3,(H,17,18,19). The quantitative estimate of drug-likeness (QED) is 0.627. The van der Waals surface area contributed by atoms with Crippen LogP contribution in [-0.4, -0.2) is 15.0 Å². The molecule has 0 bridgehead atoms. The number of benzene rings is 1. The summed E-state index contributed by atoms with van der Waals surface area (Å²) >= 11 is 0. The van der Waals surface area contributed by atoms with Crippen molar-refractivity contribution in [2.45, 2.75) is 26.2 Å². The topological polar surface area (TPSA) is 58.6 Å². The maximum atomic E-state index is 11.8. The van der Waals surface area contributed by atoms with Gasteiger partial charge in [0.1, 0.15) is 0 Å². The van der Waals surface area contributed by atoms with Gasteiger partial charge in [-0.25, -0.2) is 4.79 Å². The molecule has 3 aromatic rings. The summed E-state index contributed by atoms with van der Waals surface area (Å²) < 4.78 is 0. The van der Waals surface area contributed by atoms with E-state index < -0.39 is 0 Å². The lowest BCUT2D eigenvalue weighted by molar-refractivity contribution is 0.571. The van der Waals surface area contributed by atoms with Crippen LogP contribution in [0.2, 0.25) is 0 Å². The van der Waals surface area contributed by atoms with Crippen molar-refractivity contribution in [3.8, 4) is 0 Å². The van der Waals surface area contributed by atoms with Crippen molar-refractivity contribution in [2.24, 2.45) is 0 Å². The van der Waals surface area contributed by atoms with E-state index in [0.717, 1.165) is 27.5 Å². The van der Waals surface area contributed by atoms with Gasteiger partial charge in [-0.1, -0.05) is 20.8 Å². The minimum absolute atomic E-state index is 0.143. The smallest absolute Gasteiger partial charge is 0.309 e. The molecular formula is C15H15N3O. The van der Waals surface area contributed by atoms with E-state index in [2.05, 4.69) is 35.7 Å². The van der Waals surface area contributed by atoms with Crippen LogP contribution in [0.15, 0.2) is 35.3 Å². The van der Waals surface area contributed by atoms with E-state index in [1.54, 1.807) is 6.20 Å². The molecule has 0 fully saturated rings. The first-order valence-electron chi connectivity index (χ1n) is 6.25. The fourth-order valence-electron chi connectivity index (χ4n) is 2.35. The van der Waals surface area contributed by atoms with Gasteiger partial charge >= 0.3 is 5.69 Å². The normalized spacial score (nSPS) is 12.2. The van der Waals surface area contributed by atoms with Crippen molar-refractivity contribution >= 4 is 21.8 Å². The molecule has 0 amide bonds. The Labute approximate surface area is 110 Å². The Kier molecular flexibility index (Phi) is 2.42. The maximum absolute atomic E-state index is 11.8. The van der Waals surface area contributed by atoms with Gasteiger partial charge in [-0.2, -0.15) is 4.98 Å². The second kappa shape index (κ2) is 3.88. The highest BCUT2D eigenvalue weighted by atomic mass is 16.1. The van der Waals surface area contributed by atoms with Gasteiger partial charge in [0.2, 0.25) is 0 Å². The number of fused-ring (bicyclic) bond motifs is 3. The maximum Gasteiger partial charge on any atom is 0.345 e. The first kappa shape index (κ1) is 11.8. The van der Waals surface area contributed by atoms with Crippen LogP contribution in [0.3, 0.4) is 0 Å². The van der Waals surface area contributed by atoms with E-state index in [0.29, 0.717) is 0 Å². The second-order valence-electron chi connectivity index (χ2n) is 5.70. The van der Waals surface area contributed by atoms with Crippen LogP contribution >= 0.6 is 0 Å². The Morgan fingerprint density at radius 2 is 1.89 bits per heavy atom. The van der Waals surface area contributed by atoms with Crippen molar-refractivity contribution < 1.29 is 0 Å². The van der Waals surface area contributed by atoms with Crippen molar-refractivity contribution in [2.75, 3.05) is 0 Å². The number of hydrogen-bond acceptors (Lipinski definition) is 3. The fourth-order valence-corrected chi connectivity index (χ4v) is 2.35. The summed E-state index contributed by atoms with van der Waals surface area (Å²) in [7, 11) is 0. The minimum Gasteiger partial charge on any atom is -0.309 e. The van der Waals surface area contributed by atoms with Crippen molar-refractivity contribution in [3.63, 3.8) is 0 Å². The first-order valence-corrected chi connectivity index (χ1v) is 6.25. The molecule has 19 heavy (non-hydrogen) atoms. The predicted molar refractivity (Wildman–Crippen MR) is 76.4 cm³/mol. The number of aromatic amines is 1. The molecule has 0 aliphatic carbocycles. The number of nitrogens with one attached hydrogen (secondary N) is 1. The summed E-state index contributed by atoms with van der Waals surface area (Å²) in [5.41, 5.74) is 2.03. The van der Waals surface area contributed by atoms with Crippen molar-refractivity contribution in [1.82, 2.24) is 15.0 Å². The summed E-state index contributed by atoms with van der Waals surface area (Å²) in [4.78, 5) is 23.1. The first-order chi connectivity index (χ1) is 8.97. The SMILES string of the molecule is CC(C)(C)c1[nH]c(=O)nc2c1ccc1ncccc12. The van der Waals surface area contributed by atoms with E-state index in [1.165, 1.54) is 0 Å². The van der Waals surface area contributed by atoms with E-state index in [-0.39, 0.29) is 11.1 Å². The minimum atomic E-state index is -0.311. The molecule has 2 aromatic heterocycles. The summed E-state index contributed by atoms with van der Waals surface area (Å²) in [6.45, 7) is 6.22. The van der Waals surface area contributed by atoms with Gasteiger partial charge in [0.25, 0.3) is 0 Å². The molecule has 0 aliphatic heterocycles. The van der Waals surface area contributed by atoms with Gasteiger partial charge in [-0.15, -0.1) is 0 Å². The Balaban J connectivity index is 2.55. The van der Waals surface area contributed by atoms with Crippen LogP contribution in [0, 0.1) is 0 Å². The molecule has 2 heterocycles. The highest BCUT2D eigenvalue weighted by Crippen LogP contribution is 2.29. The van der Waals surface area contributed by atoms with Crippen LogP contribution in [0.4, 0.5) is 0 Å². The van der Waals surface area contributed by atoms with Gasteiger partial charge < -0.3 is 4.98 Å². The molecule has 1 N–H and O–H groups in total.